The highest BCUT2D eigenvalue weighted by molar-refractivity contribution is 5.70. The Morgan fingerprint density at radius 1 is 0.403 bits per heavy atom. The molecular formula is C53H96O9. The van der Waals surface area contributed by atoms with Gasteiger partial charge in [-0.1, -0.05) is 118 Å². The van der Waals surface area contributed by atoms with Gasteiger partial charge in [0.2, 0.25) is 0 Å². The fraction of sp³-hybridized carbons (Fsp3) is 0.925. The van der Waals surface area contributed by atoms with E-state index in [1.807, 2.05) is 0 Å². The number of carbonyl (C=O) groups is 4. The maximum absolute atomic E-state index is 12.6. The van der Waals surface area contributed by atoms with Gasteiger partial charge in [-0.3, -0.25) is 19.2 Å². The molecule has 0 aromatic heterocycles. The summed E-state index contributed by atoms with van der Waals surface area (Å²) in [5.74, 6) is 0.107. The molecule has 4 atom stereocenters. The normalized spacial score (nSPS) is 22.0. The summed E-state index contributed by atoms with van der Waals surface area (Å²) >= 11 is 0. The van der Waals surface area contributed by atoms with Crippen LogP contribution in [0.2, 0.25) is 0 Å². The Hall–Kier alpha value is -2.16. The molecule has 9 nitrogen and oxygen atoms in total. The van der Waals surface area contributed by atoms with Crippen molar-refractivity contribution in [2.45, 2.75) is 252 Å². The molecule has 362 valence electrons. The van der Waals surface area contributed by atoms with E-state index in [1.165, 1.54) is 109 Å². The van der Waals surface area contributed by atoms with Crippen molar-refractivity contribution in [2.75, 3.05) is 40.1 Å². The second-order valence-corrected chi connectivity index (χ2v) is 20.5. The molecule has 0 aromatic carbocycles. The molecule has 2 bridgehead atoms. The minimum absolute atomic E-state index is 0.122. The van der Waals surface area contributed by atoms with E-state index in [2.05, 4.69) is 27.7 Å². The van der Waals surface area contributed by atoms with Gasteiger partial charge in [-0.15, -0.1) is 0 Å². The highest BCUT2D eigenvalue weighted by Gasteiger charge is 2.52. The van der Waals surface area contributed by atoms with Gasteiger partial charge in [0.05, 0.1) is 26.4 Å². The van der Waals surface area contributed by atoms with Crippen LogP contribution < -0.4 is 0 Å². The fourth-order valence-corrected chi connectivity index (χ4v) is 11.2. The molecule has 9 heteroatoms. The number of rotatable bonds is 40. The van der Waals surface area contributed by atoms with Gasteiger partial charge < -0.3 is 23.7 Å². The lowest BCUT2D eigenvalue weighted by Gasteiger charge is -2.58. The highest BCUT2D eigenvalue weighted by atomic mass is 16.5. The topological polar surface area (TPSA) is 114 Å². The van der Waals surface area contributed by atoms with E-state index in [4.69, 9.17) is 23.7 Å². The van der Waals surface area contributed by atoms with E-state index in [0.717, 1.165) is 70.8 Å². The number of esters is 4. The summed E-state index contributed by atoms with van der Waals surface area (Å²) in [6.45, 7) is 11.8. The Morgan fingerprint density at radius 2 is 0.726 bits per heavy atom. The third-order valence-corrected chi connectivity index (χ3v) is 13.9. The number of methoxy groups -OCH3 is 1. The van der Waals surface area contributed by atoms with Crippen molar-refractivity contribution < 1.29 is 42.9 Å². The van der Waals surface area contributed by atoms with Crippen molar-refractivity contribution in [3.05, 3.63) is 0 Å². The van der Waals surface area contributed by atoms with Gasteiger partial charge in [0, 0.05) is 39.4 Å². The lowest BCUT2D eigenvalue weighted by atomic mass is 9.47. The average Bonchev–Trinajstić information content (AvgIpc) is 3.22. The zero-order valence-corrected chi connectivity index (χ0v) is 41.0. The molecule has 0 radical (unpaired) electrons. The highest BCUT2D eigenvalue weighted by Crippen LogP contribution is 2.64. The summed E-state index contributed by atoms with van der Waals surface area (Å²) in [7, 11) is 1.79. The van der Waals surface area contributed by atoms with Crippen molar-refractivity contribution in [2.24, 2.45) is 22.2 Å². The number of ether oxygens (including phenoxy) is 5. The van der Waals surface area contributed by atoms with E-state index in [0.29, 0.717) is 83.7 Å². The second-order valence-electron chi connectivity index (χ2n) is 20.5. The number of hydrogen-bond donors (Lipinski definition) is 0. The number of carbonyl (C=O) groups excluding carboxylic acids is 4. The largest absolute Gasteiger partial charge is 0.466 e. The molecule has 2 aliphatic rings. The molecule has 0 spiro atoms. The standard InChI is InChI=1S/C53H96O9/c1-6-8-10-12-14-16-18-20-29-47(54)59-37-24-22-31-49(56)61-39-27-34-52(4)42-46-41-51(3,33-26-36-58-5)44-53(43-46,45-52)35-28-40-62-50(57)32-23-25-38-60-48(55)30-21-19-17-15-13-11-9-7-2/h46H,6-45H2,1-5H3. The van der Waals surface area contributed by atoms with E-state index < -0.39 is 0 Å². The zero-order valence-electron chi connectivity index (χ0n) is 41.0. The van der Waals surface area contributed by atoms with Crippen LogP contribution in [0.25, 0.3) is 0 Å². The first kappa shape index (κ1) is 56.0. The maximum Gasteiger partial charge on any atom is 0.305 e. The molecule has 2 rings (SSSR count). The quantitative estimate of drug-likeness (QED) is 0.0337. The molecule has 2 aliphatic carbocycles. The first-order valence-corrected chi connectivity index (χ1v) is 26.1. The number of fused-ring (bicyclic) bond motifs is 2. The van der Waals surface area contributed by atoms with Crippen molar-refractivity contribution in [1.82, 2.24) is 0 Å². The van der Waals surface area contributed by atoms with Crippen LogP contribution in [0.1, 0.15) is 252 Å². The molecule has 0 amide bonds. The van der Waals surface area contributed by atoms with Crippen LogP contribution in [0.15, 0.2) is 0 Å². The molecule has 2 saturated carbocycles. The SMILES string of the molecule is CCCCCCCCCCC(=O)OCCCCC(=O)OCCCC1(C)CC2CC(C)(CCCOC)CC(CCCOC(=O)CCCCOC(=O)CCCCCCCCCC)(C2)C1. The summed E-state index contributed by atoms with van der Waals surface area (Å²) in [5, 5.41) is 0. The van der Waals surface area contributed by atoms with Gasteiger partial charge in [0.1, 0.15) is 0 Å². The molecule has 0 aromatic rings. The van der Waals surface area contributed by atoms with Crippen LogP contribution in [0.3, 0.4) is 0 Å². The minimum Gasteiger partial charge on any atom is -0.466 e. The van der Waals surface area contributed by atoms with Crippen molar-refractivity contribution in [3.8, 4) is 0 Å². The average molecular weight is 877 g/mol. The van der Waals surface area contributed by atoms with E-state index in [1.54, 1.807) is 7.11 Å². The van der Waals surface area contributed by atoms with Crippen LogP contribution >= 0.6 is 0 Å². The number of unbranched alkanes of at least 4 members (excludes halogenated alkanes) is 16. The second kappa shape index (κ2) is 34.2. The summed E-state index contributed by atoms with van der Waals surface area (Å²) < 4.78 is 27.7. The zero-order chi connectivity index (χ0) is 45.2. The van der Waals surface area contributed by atoms with Gasteiger partial charge >= 0.3 is 23.9 Å². The Kier molecular flexibility index (Phi) is 30.9. The predicted octanol–water partition coefficient (Wildman–Crippen LogP) is 14.1. The van der Waals surface area contributed by atoms with Gasteiger partial charge in [-0.2, -0.15) is 0 Å². The maximum atomic E-state index is 12.6. The fourth-order valence-electron chi connectivity index (χ4n) is 11.2. The summed E-state index contributed by atoms with van der Waals surface area (Å²) in [5.41, 5.74) is 0.699. The van der Waals surface area contributed by atoms with Gasteiger partial charge in [-0.05, 0) is 131 Å². The Morgan fingerprint density at radius 3 is 1.11 bits per heavy atom. The van der Waals surface area contributed by atoms with Crippen molar-refractivity contribution >= 4 is 23.9 Å². The number of hydrogen-bond acceptors (Lipinski definition) is 9. The molecule has 0 saturated heterocycles. The molecular weight excluding hydrogens is 781 g/mol. The minimum atomic E-state index is -0.161. The molecule has 2 fully saturated rings. The summed E-state index contributed by atoms with van der Waals surface area (Å²) in [6, 6.07) is 0. The lowest BCUT2D eigenvalue weighted by molar-refractivity contribution is -0.146. The van der Waals surface area contributed by atoms with Crippen LogP contribution in [0.4, 0.5) is 0 Å². The smallest absolute Gasteiger partial charge is 0.305 e. The van der Waals surface area contributed by atoms with Gasteiger partial charge in [-0.25, -0.2) is 0 Å². The first-order valence-electron chi connectivity index (χ1n) is 26.1. The third-order valence-electron chi connectivity index (χ3n) is 13.9. The van der Waals surface area contributed by atoms with Crippen molar-refractivity contribution in [3.63, 3.8) is 0 Å². The Bertz CT molecular complexity index is 1190. The Balaban J connectivity index is 1.66. The lowest BCUT2D eigenvalue weighted by Crippen LogP contribution is -2.47. The third kappa shape index (κ3) is 27.2. The monoisotopic (exact) mass is 877 g/mol. The first-order chi connectivity index (χ1) is 30.0. The van der Waals surface area contributed by atoms with Crippen molar-refractivity contribution in [1.29, 1.82) is 0 Å². The van der Waals surface area contributed by atoms with Crippen LogP contribution in [-0.4, -0.2) is 64.0 Å². The summed E-state index contributed by atoms with van der Waals surface area (Å²) in [4.78, 5) is 49.3. The molecule has 4 unspecified atom stereocenters. The predicted molar refractivity (Wildman–Crippen MR) is 251 cm³/mol. The van der Waals surface area contributed by atoms with Gasteiger partial charge in [0.25, 0.3) is 0 Å². The molecule has 0 heterocycles. The van der Waals surface area contributed by atoms with E-state index >= 15 is 0 Å². The molecule has 0 aliphatic heterocycles. The van der Waals surface area contributed by atoms with Crippen LogP contribution in [0.5, 0.6) is 0 Å². The summed E-state index contributed by atoms with van der Waals surface area (Å²) in [6.07, 6.45) is 35.8. The van der Waals surface area contributed by atoms with E-state index in [-0.39, 0.29) is 40.1 Å². The van der Waals surface area contributed by atoms with E-state index in [9.17, 15) is 19.2 Å². The molecule has 62 heavy (non-hydrogen) atoms. The van der Waals surface area contributed by atoms with Crippen LogP contribution in [0, 0.1) is 22.2 Å². The van der Waals surface area contributed by atoms with Gasteiger partial charge in [0.15, 0.2) is 0 Å². The Labute approximate surface area is 380 Å². The van der Waals surface area contributed by atoms with Crippen LogP contribution in [-0.2, 0) is 42.9 Å². The molecule has 0 N–H and O–H groups in total.